The average Bonchev–Trinajstić information content (AvgIpc) is 2.73. The van der Waals surface area contributed by atoms with Gasteiger partial charge in [-0.15, -0.1) is 0 Å². The van der Waals surface area contributed by atoms with Crippen LogP contribution in [0.25, 0.3) is 0 Å². The van der Waals surface area contributed by atoms with E-state index in [4.69, 9.17) is 4.74 Å². The number of rotatable bonds is 3. The van der Waals surface area contributed by atoms with Gasteiger partial charge in [0.1, 0.15) is 0 Å². The van der Waals surface area contributed by atoms with Crippen molar-refractivity contribution in [2.24, 2.45) is 0 Å². The summed E-state index contributed by atoms with van der Waals surface area (Å²) < 4.78 is 4.88. The molecule has 1 aromatic carbocycles. The molecule has 6 heteroatoms. The van der Waals surface area contributed by atoms with Crippen molar-refractivity contribution in [2.75, 3.05) is 12.0 Å². The molecule has 0 saturated carbocycles. The van der Waals surface area contributed by atoms with Crippen LogP contribution in [0.5, 0.6) is 0 Å². The molecule has 0 N–H and O–H groups in total. The van der Waals surface area contributed by atoms with Gasteiger partial charge in [-0.2, -0.15) is 0 Å². The van der Waals surface area contributed by atoms with E-state index >= 15 is 0 Å². The Morgan fingerprint density at radius 1 is 1.11 bits per heavy atom. The Kier molecular flexibility index (Phi) is 4.77. The van der Waals surface area contributed by atoms with Gasteiger partial charge < -0.3 is 4.74 Å². The molecule has 1 atom stereocenters. The lowest BCUT2D eigenvalue weighted by Crippen LogP contribution is -2.41. The average molecular weight is 376 g/mol. The number of anilines is 1. The summed E-state index contributed by atoms with van der Waals surface area (Å²) in [5, 5.41) is 0. The van der Waals surface area contributed by atoms with Gasteiger partial charge in [0, 0.05) is 42.4 Å². The molecule has 1 amide bonds. The topological polar surface area (TPSA) is 76.6 Å². The maximum Gasteiger partial charge on any atom is 0.339 e. The molecule has 1 aliphatic heterocycles. The summed E-state index contributed by atoms with van der Waals surface area (Å²) in [5.41, 5.74) is 3.06. The van der Waals surface area contributed by atoms with Crippen LogP contribution < -0.4 is 4.90 Å². The molecular formula is C22H20N2O4. The number of nitrogens with zero attached hydrogens (tertiary/aromatic N) is 2. The molecule has 1 aromatic heterocycles. The van der Waals surface area contributed by atoms with Gasteiger partial charge in [0.25, 0.3) is 0 Å². The van der Waals surface area contributed by atoms with Gasteiger partial charge >= 0.3 is 5.97 Å². The number of para-hydroxylation sites is 1. The highest BCUT2D eigenvalue weighted by Gasteiger charge is 2.40. The lowest BCUT2D eigenvalue weighted by atomic mass is 9.77. The maximum atomic E-state index is 13.2. The van der Waals surface area contributed by atoms with Crippen LogP contribution in [0.1, 0.15) is 47.5 Å². The summed E-state index contributed by atoms with van der Waals surface area (Å²) in [4.78, 5) is 43.9. The zero-order valence-corrected chi connectivity index (χ0v) is 15.6. The van der Waals surface area contributed by atoms with Crippen LogP contribution in [0, 0.1) is 0 Å². The van der Waals surface area contributed by atoms with Gasteiger partial charge in [-0.25, -0.2) is 4.79 Å². The molecule has 1 unspecified atom stereocenters. The van der Waals surface area contributed by atoms with E-state index in [1.807, 2.05) is 12.1 Å². The zero-order valence-electron chi connectivity index (χ0n) is 15.6. The summed E-state index contributed by atoms with van der Waals surface area (Å²) in [6.07, 6.45) is 5.29. The molecule has 28 heavy (non-hydrogen) atoms. The number of carbonyl (C=O) groups excluding carboxylic acids is 3. The smallest absolute Gasteiger partial charge is 0.339 e. The van der Waals surface area contributed by atoms with Gasteiger partial charge in [0.15, 0.2) is 5.78 Å². The normalized spacial score (nSPS) is 19.5. The number of hydrogen-bond donors (Lipinski definition) is 0. The third-order valence-corrected chi connectivity index (χ3v) is 5.33. The van der Waals surface area contributed by atoms with Gasteiger partial charge in [-0.05, 0) is 42.7 Å². The number of hydrogen-bond acceptors (Lipinski definition) is 5. The molecule has 1 aliphatic carbocycles. The van der Waals surface area contributed by atoms with E-state index in [0.717, 1.165) is 5.56 Å². The SMILES string of the molecule is COC(=O)c1ccccc1N1C(=O)CC(c2ccncc2)C2=C1CCCC2=O. The van der Waals surface area contributed by atoms with Crippen molar-refractivity contribution in [3.8, 4) is 0 Å². The highest BCUT2D eigenvalue weighted by molar-refractivity contribution is 6.10. The second-order valence-corrected chi connectivity index (χ2v) is 6.91. The fraction of sp³-hybridized carbons (Fsp3) is 0.273. The first-order chi connectivity index (χ1) is 13.6. The van der Waals surface area contributed by atoms with E-state index in [0.29, 0.717) is 41.8 Å². The minimum atomic E-state index is -0.510. The minimum Gasteiger partial charge on any atom is -0.465 e. The number of benzene rings is 1. The van der Waals surface area contributed by atoms with Crippen molar-refractivity contribution in [3.05, 3.63) is 71.2 Å². The van der Waals surface area contributed by atoms with Crippen molar-refractivity contribution in [3.63, 3.8) is 0 Å². The van der Waals surface area contributed by atoms with E-state index in [1.54, 1.807) is 41.6 Å². The summed E-state index contributed by atoms with van der Waals surface area (Å²) in [5.74, 6) is -0.855. The number of allylic oxidation sites excluding steroid dienone is 2. The van der Waals surface area contributed by atoms with Crippen molar-refractivity contribution in [1.29, 1.82) is 0 Å². The molecule has 2 aromatic rings. The molecule has 2 aliphatic rings. The molecule has 0 bridgehead atoms. The van der Waals surface area contributed by atoms with Crippen molar-refractivity contribution < 1.29 is 19.1 Å². The fourth-order valence-corrected chi connectivity index (χ4v) is 4.10. The van der Waals surface area contributed by atoms with Crippen molar-refractivity contribution in [2.45, 2.75) is 31.6 Å². The van der Waals surface area contributed by atoms with Crippen LogP contribution in [0.4, 0.5) is 5.69 Å². The van der Waals surface area contributed by atoms with Gasteiger partial charge in [0.2, 0.25) is 5.91 Å². The lowest BCUT2D eigenvalue weighted by Gasteiger charge is -2.38. The van der Waals surface area contributed by atoms with Crippen LogP contribution in [-0.4, -0.2) is 29.8 Å². The van der Waals surface area contributed by atoms with Crippen molar-refractivity contribution >= 4 is 23.3 Å². The van der Waals surface area contributed by atoms with Gasteiger partial charge in [-0.1, -0.05) is 12.1 Å². The highest BCUT2D eigenvalue weighted by Crippen LogP contribution is 2.43. The number of carbonyl (C=O) groups is 3. The first kappa shape index (κ1) is 18.1. The highest BCUT2D eigenvalue weighted by atomic mass is 16.5. The van der Waals surface area contributed by atoms with E-state index < -0.39 is 5.97 Å². The van der Waals surface area contributed by atoms with Crippen LogP contribution in [0.3, 0.4) is 0 Å². The summed E-state index contributed by atoms with van der Waals surface area (Å²) in [6.45, 7) is 0. The molecule has 6 nitrogen and oxygen atoms in total. The molecule has 4 rings (SSSR count). The third kappa shape index (κ3) is 3.01. The minimum absolute atomic E-state index is 0.0658. The second kappa shape index (κ2) is 7.38. The predicted molar refractivity (Wildman–Crippen MR) is 103 cm³/mol. The largest absolute Gasteiger partial charge is 0.465 e. The van der Waals surface area contributed by atoms with Crippen LogP contribution in [-0.2, 0) is 14.3 Å². The van der Waals surface area contributed by atoms with E-state index in [1.165, 1.54) is 7.11 Å². The number of pyridine rings is 1. The van der Waals surface area contributed by atoms with E-state index in [2.05, 4.69) is 4.98 Å². The number of ether oxygens (including phenoxy) is 1. The van der Waals surface area contributed by atoms with Gasteiger partial charge in [0.05, 0.1) is 18.4 Å². The van der Waals surface area contributed by atoms with Gasteiger partial charge in [-0.3, -0.25) is 19.5 Å². The Hall–Kier alpha value is -3.28. The number of methoxy groups -OCH3 is 1. The summed E-state index contributed by atoms with van der Waals surface area (Å²) in [6, 6.07) is 10.6. The third-order valence-electron chi connectivity index (χ3n) is 5.33. The first-order valence-electron chi connectivity index (χ1n) is 9.28. The fourth-order valence-electron chi connectivity index (χ4n) is 4.10. The quantitative estimate of drug-likeness (QED) is 0.768. The maximum absolute atomic E-state index is 13.2. The number of Topliss-reactive ketones (excluding diaryl/α,β-unsaturated/α-hetero) is 1. The Labute approximate surface area is 162 Å². The van der Waals surface area contributed by atoms with Crippen LogP contribution >= 0.6 is 0 Å². The Morgan fingerprint density at radius 2 is 1.86 bits per heavy atom. The number of ketones is 1. The molecule has 0 saturated heterocycles. The molecule has 0 fully saturated rings. The number of aromatic nitrogens is 1. The van der Waals surface area contributed by atoms with Crippen LogP contribution in [0.15, 0.2) is 60.1 Å². The molecular weight excluding hydrogens is 356 g/mol. The number of amides is 1. The Balaban J connectivity index is 1.89. The lowest BCUT2D eigenvalue weighted by molar-refractivity contribution is -0.119. The summed E-state index contributed by atoms with van der Waals surface area (Å²) >= 11 is 0. The molecule has 2 heterocycles. The molecule has 0 spiro atoms. The first-order valence-corrected chi connectivity index (χ1v) is 9.28. The second-order valence-electron chi connectivity index (χ2n) is 6.91. The Bertz CT molecular complexity index is 981. The Morgan fingerprint density at radius 3 is 2.61 bits per heavy atom. The van der Waals surface area contributed by atoms with E-state index in [-0.39, 0.29) is 24.0 Å². The number of esters is 1. The molecule has 142 valence electrons. The molecule has 0 radical (unpaired) electrons. The monoisotopic (exact) mass is 376 g/mol. The zero-order chi connectivity index (χ0) is 19.7. The van der Waals surface area contributed by atoms with E-state index in [9.17, 15) is 14.4 Å². The van der Waals surface area contributed by atoms with Crippen molar-refractivity contribution in [1.82, 2.24) is 4.98 Å². The predicted octanol–water partition coefficient (Wildman–Crippen LogP) is 3.40. The van der Waals surface area contributed by atoms with Crippen LogP contribution in [0.2, 0.25) is 0 Å². The summed E-state index contributed by atoms with van der Waals surface area (Å²) in [7, 11) is 1.31. The standard InChI is InChI=1S/C22H20N2O4/c1-28-22(27)15-5-2-3-6-17(15)24-18-7-4-8-19(25)21(18)16(13-20(24)26)14-9-11-23-12-10-14/h2-3,5-6,9-12,16H,4,7-8,13H2,1H3.